The number of nitrogens with zero attached hydrogens (tertiary/aromatic N) is 2. The smallest absolute Gasteiger partial charge is 0.364 e. The monoisotopic (exact) mass is 348 g/mol. The molecule has 0 bridgehead atoms. The van der Waals surface area contributed by atoms with Gasteiger partial charge in [0.2, 0.25) is 0 Å². The fourth-order valence-electron chi connectivity index (χ4n) is 3.65. The third-order valence-corrected chi connectivity index (χ3v) is 4.89. The minimum atomic E-state index is -4.62. The highest BCUT2D eigenvalue weighted by molar-refractivity contribution is 5.96. The number of rotatable bonds is 1. The first-order valence-electron chi connectivity index (χ1n) is 7.94. The highest BCUT2D eigenvalue weighted by Gasteiger charge is 2.47. The Morgan fingerprint density at radius 2 is 2.04 bits per heavy atom. The zero-order valence-electron chi connectivity index (χ0n) is 13.2. The molecule has 4 rings (SSSR count). The third kappa shape index (κ3) is 2.59. The molecule has 1 aromatic heterocycles. The number of amides is 1. The van der Waals surface area contributed by atoms with Gasteiger partial charge in [0, 0.05) is 18.9 Å². The summed E-state index contributed by atoms with van der Waals surface area (Å²) in [7, 11) is 0. The lowest BCUT2D eigenvalue weighted by molar-refractivity contribution is -0.138. The molecule has 2 aromatic rings. The molecule has 1 fully saturated rings. The van der Waals surface area contributed by atoms with Gasteiger partial charge in [-0.15, -0.1) is 0 Å². The Balaban J connectivity index is 1.63. The molecule has 1 spiro atoms. The first-order valence-corrected chi connectivity index (χ1v) is 7.94. The van der Waals surface area contributed by atoms with Crippen molar-refractivity contribution in [3.63, 3.8) is 0 Å². The largest absolute Gasteiger partial charge is 0.418 e. The van der Waals surface area contributed by atoms with Crippen LogP contribution >= 0.6 is 0 Å². The van der Waals surface area contributed by atoms with Crippen LogP contribution in [0.15, 0.2) is 42.7 Å². The van der Waals surface area contributed by atoms with Crippen molar-refractivity contribution in [1.29, 1.82) is 0 Å². The van der Waals surface area contributed by atoms with E-state index in [9.17, 15) is 18.0 Å². The van der Waals surface area contributed by atoms with Gasteiger partial charge in [-0.2, -0.15) is 13.2 Å². The molecular weight excluding hydrogens is 333 g/mol. The molecule has 0 aliphatic carbocycles. The van der Waals surface area contributed by atoms with E-state index in [1.807, 2.05) is 24.3 Å². The molecule has 3 heterocycles. The van der Waals surface area contributed by atoms with Crippen LogP contribution in [0.2, 0.25) is 0 Å². The first kappa shape index (κ1) is 16.1. The summed E-state index contributed by atoms with van der Waals surface area (Å²) < 4.78 is 45.4. The van der Waals surface area contributed by atoms with E-state index in [4.69, 9.17) is 4.74 Å². The van der Waals surface area contributed by atoms with E-state index in [0.29, 0.717) is 25.8 Å². The Kier molecular flexibility index (Phi) is 3.57. The van der Waals surface area contributed by atoms with E-state index in [0.717, 1.165) is 17.2 Å². The average Bonchev–Trinajstić information content (AvgIpc) is 3.20. The van der Waals surface area contributed by atoms with Crippen molar-refractivity contribution < 1.29 is 22.7 Å². The number of hydrogen-bond acceptors (Lipinski definition) is 3. The molecule has 1 atom stereocenters. The van der Waals surface area contributed by atoms with Crippen LogP contribution in [-0.2, 0) is 23.1 Å². The van der Waals surface area contributed by atoms with Crippen LogP contribution in [0.5, 0.6) is 0 Å². The van der Waals surface area contributed by atoms with Crippen molar-refractivity contribution in [1.82, 2.24) is 9.88 Å². The van der Waals surface area contributed by atoms with Crippen LogP contribution in [-0.4, -0.2) is 28.9 Å². The first-order chi connectivity index (χ1) is 11.9. The number of pyridine rings is 1. The lowest BCUT2D eigenvalue weighted by atomic mass is 9.92. The second-order valence-corrected chi connectivity index (χ2v) is 6.34. The molecule has 1 unspecified atom stereocenters. The number of benzene rings is 1. The molecule has 25 heavy (non-hydrogen) atoms. The third-order valence-electron chi connectivity index (χ3n) is 4.89. The molecule has 7 heteroatoms. The van der Waals surface area contributed by atoms with Crippen molar-refractivity contribution in [2.45, 2.75) is 24.8 Å². The van der Waals surface area contributed by atoms with Gasteiger partial charge in [0.15, 0.2) is 0 Å². The Morgan fingerprint density at radius 3 is 2.84 bits per heavy atom. The number of ether oxygens (including phenoxy) is 1. The number of halogens is 3. The maximum Gasteiger partial charge on any atom is 0.418 e. The van der Waals surface area contributed by atoms with Crippen LogP contribution in [0.1, 0.15) is 33.5 Å². The summed E-state index contributed by atoms with van der Waals surface area (Å²) in [5.41, 5.74) is 0.102. The van der Waals surface area contributed by atoms with Gasteiger partial charge >= 0.3 is 6.18 Å². The van der Waals surface area contributed by atoms with Gasteiger partial charge in [0.25, 0.3) is 5.91 Å². The van der Waals surface area contributed by atoms with Crippen molar-refractivity contribution in [3.8, 4) is 0 Å². The second kappa shape index (κ2) is 5.56. The molecule has 0 saturated carbocycles. The molecule has 2 aliphatic rings. The van der Waals surface area contributed by atoms with Crippen molar-refractivity contribution >= 4 is 5.91 Å². The molecule has 4 nitrogen and oxygen atoms in total. The molecule has 0 N–H and O–H groups in total. The maximum atomic E-state index is 13.2. The van der Waals surface area contributed by atoms with Gasteiger partial charge in [0.05, 0.1) is 24.3 Å². The fourth-order valence-corrected chi connectivity index (χ4v) is 3.65. The highest BCUT2D eigenvalue weighted by atomic mass is 19.4. The molecular formula is C18H15F3N2O2. The summed E-state index contributed by atoms with van der Waals surface area (Å²) in [6.45, 7) is 1.07. The zero-order valence-corrected chi connectivity index (χ0v) is 13.2. The molecule has 1 saturated heterocycles. The molecule has 130 valence electrons. The Labute approximate surface area is 142 Å². The van der Waals surface area contributed by atoms with E-state index in [1.54, 1.807) is 0 Å². The summed E-state index contributed by atoms with van der Waals surface area (Å²) >= 11 is 0. The van der Waals surface area contributed by atoms with Crippen LogP contribution < -0.4 is 0 Å². The minimum Gasteiger partial charge on any atom is -0.364 e. The number of likely N-dealkylation sites (tertiary alicyclic amines) is 1. The summed E-state index contributed by atoms with van der Waals surface area (Å²) in [6, 6.07) is 8.89. The Morgan fingerprint density at radius 1 is 1.24 bits per heavy atom. The SMILES string of the molecule is O=C(c1ccncc1C(F)(F)F)N1CCC2(C1)OCc1ccccc12. The maximum absolute atomic E-state index is 13.2. The number of fused-ring (bicyclic) bond motifs is 2. The number of aromatic nitrogens is 1. The van der Waals surface area contributed by atoms with Crippen molar-refractivity contribution in [2.75, 3.05) is 13.1 Å². The fraction of sp³-hybridized carbons (Fsp3) is 0.333. The quantitative estimate of drug-likeness (QED) is 0.794. The van der Waals surface area contributed by atoms with E-state index >= 15 is 0 Å². The number of carbonyl (C=O) groups is 1. The predicted octanol–water partition coefficient (Wildman–Crippen LogP) is 3.37. The molecule has 1 aromatic carbocycles. The second-order valence-electron chi connectivity index (χ2n) is 6.34. The van der Waals surface area contributed by atoms with Gasteiger partial charge in [-0.1, -0.05) is 24.3 Å². The minimum absolute atomic E-state index is 0.252. The van der Waals surface area contributed by atoms with Crippen LogP contribution in [0.25, 0.3) is 0 Å². The number of carbonyl (C=O) groups excluding carboxylic acids is 1. The van der Waals surface area contributed by atoms with Crippen LogP contribution in [0.4, 0.5) is 13.2 Å². The lowest BCUT2D eigenvalue weighted by Crippen LogP contribution is -2.35. The standard InChI is InChI=1S/C18H15F3N2O2/c19-18(20,21)15-9-22-7-5-13(15)16(24)23-8-6-17(11-23)14-4-2-1-3-12(14)10-25-17/h1-5,7,9H,6,8,10-11H2. The number of alkyl halides is 3. The Bertz CT molecular complexity index is 837. The average molecular weight is 348 g/mol. The van der Waals surface area contributed by atoms with Crippen molar-refractivity contribution in [3.05, 3.63) is 65.0 Å². The molecule has 0 radical (unpaired) electrons. The van der Waals surface area contributed by atoms with Gasteiger partial charge in [-0.3, -0.25) is 9.78 Å². The van der Waals surface area contributed by atoms with Gasteiger partial charge < -0.3 is 9.64 Å². The van der Waals surface area contributed by atoms with E-state index in [-0.39, 0.29) is 12.1 Å². The summed E-state index contributed by atoms with van der Waals surface area (Å²) in [5, 5.41) is 0. The van der Waals surface area contributed by atoms with E-state index in [1.165, 1.54) is 11.1 Å². The summed E-state index contributed by atoms with van der Waals surface area (Å²) in [6.07, 6.45) is -2.15. The Hall–Kier alpha value is -2.41. The normalized spacial score (nSPS) is 22.4. The van der Waals surface area contributed by atoms with Gasteiger partial charge in [-0.25, -0.2) is 0 Å². The van der Waals surface area contributed by atoms with Crippen LogP contribution in [0.3, 0.4) is 0 Å². The lowest BCUT2D eigenvalue weighted by Gasteiger charge is -2.25. The number of hydrogen-bond donors (Lipinski definition) is 0. The van der Waals surface area contributed by atoms with Gasteiger partial charge in [-0.05, 0) is 23.6 Å². The van der Waals surface area contributed by atoms with E-state index in [2.05, 4.69) is 4.98 Å². The highest BCUT2D eigenvalue weighted by Crippen LogP contribution is 2.44. The predicted molar refractivity (Wildman–Crippen MR) is 82.7 cm³/mol. The summed E-state index contributed by atoms with van der Waals surface area (Å²) in [5.74, 6) is -0.639. The van der Waals surface area contributed by atoms with E-state index < -0.39 is 23.2 Å². The van der Waals surface area contributed by atoms with Crippen LogP contribution in [0, 0.1) is 0 Å². The topological polar surface area (TPSA) is 42.4 Å². The van der Waals surface area contributed by atoms with Crippen molar-refractivity contribution in [2.24, 2.45) is 0 Å². The van der Waals surface area contributed by atoms with Gasteiger partial charge in [0.1, 0.15) is 5.60 Å². The summed E-state index contributed by atoms with van der Waals surface area (Å²) in [4.78, 5) is 17.7. The zero-order chi connectivity index (χ0) is 17.7. The molecule has 1 amide bonds. The molecule has 2 aliphatic heterocycles.